The second kappa shape index (κ2) is 9.15. The Kier molecular flexibility index (Phi) is 6.90. The summed E-state index contributed by atoms with van der Waals surface area (Å²) in [5.41, 5.74) is 1.10. The van der Waals surface area contributed by atoms with Gasteiger partial charge in [-0.2, -0.15) is 0 Å². The molecular formula is C18H26N2O4. The SMILES string of the molecule is CCOC(=O)NC1CCN(C(=O)CCc2cccc(OC)c2)CC1. The van der Waals surface area contributed by atoms with Crippen LogP contribution >= 0.6 is 0 Å². The topological polar surface area (TPSA) is 67.9 Å². The Hall–Kier alpha value is -2.24. The lowest BCUT2D eigenvalue weighted by Gasteiger charge is -2.32. The van der Waals surface area contributed by atoms with Crippen LogP contribution in [0.4, 0.5) is 4.79 Å². The van der Waals surface area contributed by atoms with Crippen LogP contribution in [0.5, 0.6) is 5.75 Å². The van der Waals surface area contributed by atoms with Gasteiger partial charge >= 0.3 is 6.09 Å². The number of carbonyl (C=O) groups is 2. The summed E-state index contributed by atoms with van der Waals surface area (Å²) in [4.78, 5) is 25.6. The molecule has 6 nitrogen and oxygen atoms in total. The van der Waals surface area contributed by atoms with Crippen molar-refractivity contribution < 1.29 is 19.1 Å². The van der Waals surface area contributed by atoms with Gasteiger partial charge in [0.05, 0.1) is 13.7 Å². The molecule has 1 N–H and O–H groups in total. The Balaban J connectivity index is 1.73. The maximum absolute atomic E-state index is 12.3. The number of alkyl carbamates (subject to hydrolysis) is 1. The summed E-state index contributed by atoms with van der Waals surface area (Å²) >= 11 is 0. The third-order valence-corrected chi connectivity index (χ3v) is 4.21. The molecule has 1 aliphatic rings. The fraction of sp³-hybridized carbons (Fsp3) is 0.556. The number of amides is 2. The molecule has 1 aromatic rings. The summed E-state index contributed by atoms with van der Waals surface area (Å²) in [6.07, 6.45) is 2.36. The predicted molar refractivity (Wildman–Crippen MR) is 91.1 cm³/mol. The van der Waals surface area contributed by atoms with Gasteiger partial charge in [-0.3, -0.25) is 4.79 Å². The number of likely N-dealkylation sites (tertiary alicyclic amines) is 1. The van der Waals surface area contributed by atoms with E-state index in [-0.39, 0.29) is 18.0 Å². The molecule has 0 saturated carbocycles. The van der Waals surface area contributed by atoms with E-state index in [1.807, 2.05) is 29.2 Å². The van der Waals surface area contributed by atoms with Crippen molar-refractivity contribution in [3.8, 4) is 5.75 Å². The van der Waals surface area contributed by atoms with E-state index >= 15 is 0 Å². The van der Waals surface area contributed by atoms with Crippen molar-refractivity contribution in [1.82, 2.24) is 10.2 Å². The summed E-state index contributed by atoms with van der Waals surface area (Å²) < 4.78 is 10.1. The molecule has 0 spiro atoms. The third kappa shape index (κ3) is 5.44. The molecule has 2 rings (SSSR count). The van der Waals surface area contributed by atoms with E-state index in [9.17, 15) is 9.59 Å². The number of carbonyl (C=O) groups excluding carboxylic acids is 2. The van der Waals surface area contributed by atoms with Crippen LogP contribution in [0, 0.1) is 0 Å². The van der Waals surface area contributed by atoms with Gasteiger partial charge in [0.15, 0.2) is 0 Å². The molecule has 132 valence electrons. The quantitative estimate of drug-likeness (QED) is 0.867. The van der Waals surface area contributed by atoms with Crippen molar-refractivity contribution in [3.05, 3.63) is 29.8 Å². The Morgan fingerprint density at radius 3 is 2.71 bits per heavy atom. The normalized spacial score (nSPS) is 15.0. The average Bonchev–Trinajstić information content (AvgIpc) is 2.60. The van der Waals surface area contributed by atoms with Crippen LogP contribution in [0.25, 0.3) is 0 Å². The van der Waals surface area contributed by atoms with E-state index in [0.29, 0.717) is 32.5 Å². The third-order valence-electron chi connectivity index (χ3n) is 4.21. The van der Waals surface area contributed by atoms with Gasteiger partial charge in [0, 0.05) is 25.6 Å². The van der Waals surface area contributed by atoms with Gasteiger partial charge in [-0.25, -0.2) is 4.79 Å². The number of rotatable bonds is 6. The minimum absolute atomic E-state index is 0.0893. The monoisotopic (exact) mass is 334 g/mol. The van der Waals surface area contributed by atoms with Crippen LogP contribution in [-0.2, 0) is 16.0 Å². The second-order valence-corrected chi connectivity index (χ2v) is 5.87. The molecule has 0 atom stereocenters. The van der Waals surface area contributed by atoms with E-state index in [1.165, 1.54) is 0 Å². The summed E-state index contributed by atoms with van der Waals surface area (Å²) in [5, 5.41) is 2.84. The Morgan fingerprint density at radius 1 is 1.29 bits per heavy atom. The van der Waals surface area contributed by atoms with Gasteiger partial charge in [0.25, 0.3) is 0 Å². The molecule has 24 heavy (non-hydrogen) atoms. The number of piperidine rings is 1. The molecule has 0 aromatic heterocycles. The van der Waals surface area contributed by atoms with E-state index in [1.54, 1.807) is 14.0 Å². The molecule has 6 heteroatoms. The Bertz CT molecular complexity index is 554. The number of methoxy groups -OCH3 is 1. The first kappa shape index (κ1) is 18.1. The van der Waals surface area contributed by atoms with Crippen LogP contribution in [0.15, 0.2) is 24.3 Å². The second-order valence-electron chi connectivity index (χ2n) is 5.87. The molecule has 1 fully saturated rings. The van der Waals surface area contributed by atoms with Crippen LogP contribution < -0.4 is 10.1 Å². The first-order chi connectivity index (χ1) is 11.6. The van der Waals surface area contributed by atoms with Crippen molar-refractivity contribution in [2.75, 3.05) is 26.8 Å². The van der Waals surface area contributed by atoms with Gasteiger partial charge in [0.2, 0.25) is 5.91 Å². The summed E-state index contributed by atoms with van der Waals surface area (Å²) in [6.45, 7) is 3.50. The number of nitrogens with one attached hydrogen (secondary N) is 1. The highest BCUT2D eigenvalue weighted by Gasteiger charge is 2.23. The van der Waals surface area contributed by atoms with E-state index in [0.717, 1.165) is 24.2 Å². The van der Waals surface area contributed by atoms with Crippen LogP contribution in [0.2, 0.25) is 0 Å². The van der Waals surface area contributed by atoms with Gasteiger partial charge in [-0.15, -0.1) is 0 Å². The zero-order chi connectivity index (χ0) is 17.4. The highest BCUT2D eigenvalue weighted by atomic mass is 16.5. The van der Waals surface area contributed by atoms with Crippen molar-refractivity contribution in [3.63, 3.8) is 0 Å². The lowest BCUT2D eigenvalue weighted by molar-refractivity contribution is -0.132. The summed E-state index contributed by atoms with van der Waals surface area (Å²) in [6, 6.07) is 7.89. The number of nitrogens with zero attached hydrogens (tertiary/aromatic N) is 1. The van der Waals surface area contributed by atoms with Gasteiger partial charge in [-0.05, 0) is 43.9 Å². The summed E-state index contributed by atoms with van der Waals surface area (Å²) in [7, 11) is 1.64. The number of benzene rings is 1. The minimum Gasteiger partial charge on any atom is -0.497 e. The van der Waals surface area contributed by atoms with Gasteiger partial charge in [0.1, 0.15) is 5.75 Å². The van der Waals surface area contributed by atoms with E-state index < -0.39 is 0 Å². The first-order valence-corrected chi connectivity index (χ1v) is 8.46. The smallest absolute Gasteiger partial charge is 0.407 e. The fourth-order valence-electron chi connectivity index (χ4n) is 2.85. The van der Waals surface area contributed by atoms with E-state index in [4.69, 9.17) is 9.47 Å². The van der Waals surface area contributed by atoms with Crippen molar-refractivity contribution in [1.29, 1.82) is 0 Å². The average molecular weight is 334 g/mol. The number of ether oxygens (including phenoxy) is 2. The highest BCUT2D eigenvalue weighted by molar-refractivity contribution is 5.76. The lowest BCUT2D eigenvalue weighted by Crippen LogP contribution is -2.46. The molecule has 2 amide bonds. The van der Waals surface area contributed by atoms with Gasteiger partial charge < -0.3 is 19.7 Å². The summed E-state index contributed by atoms with van der Waals surface area (Å²) in [5.74, 6) is 0.971. The number of hydrogen-bond acceptors (Lipinski definition) is 4. The molecule has 1 saturated heterocycles. The molecule has 1 aliphatic heterocycles. The molecule has 0 unspecified atom stereocenters. The fourth-order valence-corrected chi connectivity index (χ4v) is 2.85. The van der Waals surface area contributed by atoms with Crippen LogP contribution in [0.1, 0.15) is 31.7 Å². The predicted octanol–water partition coefficient (Wildman–Crippen LogP) is 2.36. The van der Waals surface area contributed by atoms with Crippen molar-refractivity contribution >= 4 is 12.0 Å². The number of aryl methyl sites for hydroxylation is 1. The standard InChI is InChI=1S/C18H26N2O4/c1-3-24-18(22)19-15-9-11-20(12-10-15)17(21)8-7-14-5-4-6-16(13-14)23-2/h4-6,13,15H,3,7-12H2,1-2H3,(H,19,22). The minimum atomic E-state index is -0.375. The first-order valence-electron chi connectivity index (χ1n) is 8.46. The Labute approximate surface area is 143 Å². The maximum atomic E-state index is 12.3. The Morgan fingerprint density at radius 2 is 2.04 bits per heavy atom. The van der Waals surface area contributed by atoms with Gasteiger partial charge in [-0.1, -0.05) is 12.1 Å². The highest BCUT2D eigenvalue weighted by Crippen LogP contribution is 2.16. The zero-order valence-corrected chi connectivity index (χ0v) is 14.4. The molecule has 0 bridgehead atoms. The number of hydrogen-bond donors (Lipinski definition) is 1. The molecule has 1 heterocycles. The molecule has 1 aromatic carbocycles. The molecule has 0 radical (unpaired) electrons. The van der Waals surface area contributed by atoms with E-state index in [2.05, 4.69) is 5.32 Å². The largest absolute Gasteiger partial charge is 0.497 e. The zero-order valence-electron chi connectivity index (χ0n) is 14.4. The van der Waals surface area contributed by atoms with Crippen molar-refractivity contribution in [2.24, 2.45) is 0 Å². The molecular weight excluding hydrogens is 308 g/mol. The lowest BCUT2D eigenvalue weighted by atomic mass is 10.0. The maximum Gasteiger partial charge on any atom is 0.407 e. The van der Waals surface area contributed by atoms with Crippen LogP contribution in [0.3, 0.4) is 0 Å². The molecule has 0 aliphatic carbocycles. The van der Waals surface area contributed by atoms with Crippen LogP contribution in [-0.4, -0.2) is 49.7 Å². The van der Waals surface area contributed by atoms with Crippen molar-refractivity contribution in [2.45, 2.75) is 38.6 Å².